The monoisotopic (exact) mass is 264 g/mol. The molecule has 0 aromatic heterocycles. The minimum Gasteiger partial charge on any atom is -0.480 e. The van der Waals surface area contributed by atoms with E-state index in [1.54, 1.807) is 0 Å². The molecule has 0 aliphatic heterocycles. The van der Waals surface area contributed by atoms with Crippen LogP contribution in [0.25, 0.3) is 0 Å². The zero-order chi connectivity index (χ0) is 14.3. The Kier molecular flexibility index (Phi) is 2.24. The summed E-state index contributed by atoms with van der Waals surface area (Å²) in [6.45, 7) is 8.40. The lowest BCUT2D eigenvalue weighted by molar-refractivity contribution is -0.195. The average Bonchev–Trinajstić information content (AvgIpc) is 2.79. The highest BCUT2D eigenvalue weighted by Crippen LogP contribution is 2.80. The Morgan fingerprint density at radius 2 is 1.84 bits per heavy atom. The molecule has 0 radical (unpaired) electrons. The van der Waals surface area contributed by atoms with Gasteiger partial charge in [0.15, 0.2) is 5.78 Å². The predicted molar refractivity (Wildman–Crippen MR) is 71.6 cm³/mol. The molecule has 0 saturated heterocycles. The number of ketones is 1. The van der Waals surface area contributed by atoms with Crippen LogP contribution in [0.1, 0.15) is 59.8 Å². The number of fused-ring (bicyclic) bond motifs is 1. The number of hydrogen-bond donors (Lipinski definition) is 1. The van der Waals surface area contributed by atoms with Gasteiger partial charge in [-0.1, -0.05) is 27.7 Å². The van der Waals surface area contributed by atoms with E-state index in [0.29, 0.717) is 12.3 Å². The van der Waals surface area contributed by atoms with E-state index in [1.807, 2.05) is 13.8 Å². The summed E-state index contributed by atoms with van der Waals surface area (Å²) in [7, 11) is 0. The van der Waals surface area contributed by atoms with Gasteiger partial charge in [0.1, 0.15) is 5.41 Å². The zero-order valence-corrected chi connectivity index (χ0v) is 12.4. The number of hydrogen-bond acceptors (Lipinski definition) is 2. The molecule has 3 saturated carbocycles. The molecule has 3 fully saturated rings. The summed E-state index contributed by atoms with van der Waals surface area (Å²) in [6, 6.07) is 0. The Hall–Kier alpha value is -0.860. The molecule has 3 nitrogen and oxygen atoms in total. The molecule has 0 amide bonds. The maximum absolute atomic E-state index is 12.7. The van der Waals surface area contributed by atoms with Crippen molar-refractivity contribution in [1.29, 1.82) is 0 Å². The second-order valence-electron chi connectivity index (χ2n) is 8.11. The van der Waals surface area contributed by atoms with E-state index in [2.05, 4.69) is 13.8 Å². The molecular weight excluding hydrogens is 240 g/mol. The highest BCUT2D eigenvalue weighted by molar-refractivity contribution is 6.06. The summed E-state index contributed by atoms with van der Waals surface area (Å²) in [4.78, 5) is 25.0. The van der Waals surface area contributed by atoms with Gasteiger partial charge in [-0.2, -0.15) is 0 Å². The molecule has 3 unspecified atom stereocenters. The number of carbonyl (C=O) groups excluding carboxylic acids is 1. The number of aliphatic carboxylic acids is 1. The van der Waals surface area contributed by atoms with Gasteiger partial charge in [0, 0.05) is 6.42 Å². The normalized spacial score (nSPS) is 46.1. The van der Waals surface area contributed by atoms with E-state index in [0.717, 1.165) is 25.7 Å². The van der Waals surface area contributed by atoms with Crippen LogP contribution in [0.5, 0.6) is 0 Å². The maximum atomic E-state index is 12.7. The van der Waals surface area contributed by atoms with Crippen molar-refractivity contribution in [3.05, 3.63) is 0 Å². The molecule has 0 aromatic rings. The third-order valence-corrected chi connectivity index (χ3v) is 7.23. The van der Waals surface area contributed by atoms with E-state index in [4.69, 9.17) is 0 Å². The van der Waals surface area contributed by atoms with Crippen molar-refractivity contribution < 1.29 is 14.7 Å². The number of carbonyl (C=O) groups is 2. The van der Waals surface area contributed by atoms with Crippen LogP contribution in [0.2, 0.25) is 0 Å². The molecule has 19 heavy (non-hydrogen) atoms. The van der Waals surface area contributed by atoms with E-state index >= 15 is 0 Å². The van der Waals surface area contributed by atoms with Crippen LogP contribution >= 0.6 is 0 Å². The van der Waals surface area contributed by atoms with Crippen LogP contribution in [0.15, 0.2) is 0 Å². The molecule has 3 atom stereocenters. The summed E-state index contributed by atoms with van der Waals surface area (Å²) in [5.41, 5.74) is -1.94. The summed E-state index contributed by atoms with van der Waals surface area (Å²) in [5, 5.41) is 10.0. The van der Waals surface area contributed by atoms with E-state index in [1.165, 1.54) is 0 Å². The van der Waals surface area contributed by atoms with Crippen LogP contribution in [0, 0.1) is 27.6 Å². The Labute approximate surface area is 114 Å². The SMILES string of the molecule is CC1(C)CCC(=O)C2(C(=O)O)C(C)(C)C3CCC12C3. The average molecular weight is 264 g/mol. The lowest BCUT2D eigenvalue weighted by Crippen LogP contribution is -2.65. The standard InChI is InChI=1S/C16H24O3/c1-13(2)7-6-11(17)16(12(18)19)14(3,4)10-5-8-15(13,16)9-10/h10H,5-9H2,1-4H3,(H,18,19). The highest BCUT2D eigenvalue weighted by Gasteiger charge is 2.81. The lowest BCUT2D eigenvalue weighted by Gasteiger charge is -2.60. The molecule has 106 valence electrons. The smallest absolute Gasteiger partial charge is 0.318 e. The Morgan fingerprint density at radius 3 is 2.37 bits per heavy atom. The maximum Gasteiger partial charge on any atom is 0.318 e. The summed E-state index contributed by atoms with van der Waals surface area (Å²) >= 11 is 0. The summed E-state index contributed by atoms with van der Waals surface area (Å²) in [6.07, 6.45) is 4.18. The second-order valence-corrected chi connectivity index (χ2v) is 8.11. The quantitative estimate of drug-likeness (QED) is 0.739. The molecule has 3 rings (SSSR count). The van der Waals surface area contributed by atoms with E-state index in [-0.39, 0.29) is 16.6 Å². The first-order valence-electron chi connectivity index (χ1n) is 7.40. The Balaban J connectivity index is 2.33. The van der Waals surface area contributed by atoms with Gasteiger partial charge < -0.3 is 5.11 Å². The van der Waals surface area contributed by atoms with Crippen molar-refractivity contribution in [1.82, 2.24) is 0 Å². The van der Waals surface area contributed by atoms with Gasteiger partial charge in [-0.05, 0) is 47.8 Å². The van der Waals surface area contributed by atoms with Crippen molar-refractivity contribution >= 4 is 11.8 Å². The lowest BCUT2D eigenvalue weighted by atomic mass is 9.40. The second kappa shape index (κ2) is 3.24. The van der Waals surface area contributed by atoms with Crippen molar-refractivity contribution in [2.75, 3.05) is 0 Å². The highest BCUT2D eigenvalue weighted by atomic mass is 16.4. The molecule has 3 aliphatic rings. The number of Topliss-reactive ketones (excluding diaryl/α,β-unsaturated/α-hetero) is 1. The first-order valence-corrected chi connectivity index (χ1v) is 7.40. The fourth-order valence-corrected chi connectivity index (χ4v) is 6.13. The van der Waals surface area contributed by atoms with Crippen LogP contribution in [0.4, 0.5) is 0 Å². The van der Waals surface area contributed by atoms with Crippen LogP contribution in [-0.2, 0) is 9.59 Å². The zero-order valence-electron chi connectivity index (χ0n) is 12.4. The molecule has 1 N–H and O–H groups in total. The largest absolute Gasteiger partial charge is 0.480 e. The fraction of sp³-hybridized carbons (Fsp3) is 0.875. The number of carboxylic acids is 1. The predicted octanol–water partition coefficient (Wildman–Crippen LogP) is 3.27. The van der Waals surface area contributed by atoms with E-state index < -0.39 is 16.8 Å². The Morgan fingerprint density at radius 1 is 1.21 bits per heavy atom. The van der Waals surface area contributed by atoms with Crippen LogP contribution in [-0.4, -0.2) is 16.9 Å². The van der Waals surface area contributed by atoms with Gasteiger partial charge in [-0.15, -0.1) is 0 Å². The van der Waals surface area contributed by atoms with Gasteiger partial charge in [-0.25, -0.2) is 0 Å². The molecule has 3 heteroatoms. The molecule has 2 bridgehead atoms. The van der Waals surface area contributed by atoms with Crippen molar-refractivity contribution in [3.8, 4) is 0 Å². The Bertz CT molecular complexity index is 476. The molecule has 0 heterocycles. The van der Waals surface area contributed by atoms with Gasteiger partial charge in [0.05, 0.1) is 0 Å². The van der Waals surface area contributed by atoms with Gasteiger partial charge in [-0.3, -0.25) is 9.59 Å². The molecule has 0 aromatic carbocycles. The third-order valence-electron chi connectivity index (χ3n) is 7.23. The van der Waals surface area contributed by atoms with Gasteiger partial charge >= 0.3 is 5.97 Å². The van der Waals surface area contributed by atoms with Crippen molar-refractivity contribution in [3.63, 3.8) is 0 Å². The first kappa shape index (κ1) is 13.1. The third kappa shape index (κ3) is 1.05. The van der Waals surface area contributed by atoms with Crippen molar-refractivity contribution in [2.45, 2.75) is 59.8 Å². The van der Waals surface area contributed by atoms with Gasteiger partial charge in [0.25, 0.3) is 0 Å². The summed E-state index contributed by atoms with van der Waals surface area (Å²) < 4.78 is 0. The van der Waals surface area contributed by atoms with Crippen LogP contribution < -0.4 is 0 Å². The topological polar surface area (TPSA) is 54.4 Å². The fourth-order valence-electron chi connectivity index (χ4n) is 6.13. The first-order chi connectivity index (χ1) is 8.63. The van der Waals surface area contributed by atoms with Crippen molar-refractivity contribution in [2.24, 2.45) is 27.6 Å². The summed E-state index contributed by atoms with van der Waals surface area (Å²) in [5.74, 6) is -0.492. The minimum absolute atomic E-state index is 0.00785. The number of carboxylic acid groups (broad SMARTS) is 1. The molecule has 1 spiro atoms. The minimum atomic E-state index is -1.15. The van der Waals surface area contributed by atoms with E-state index in [9.17, 15) is 14.7 Å². The van der Waals surface area contributed by atoms with Gasteiger partial charge in [0.2, 0.25) is 0 Å². The number of rotatable bonds is 1. The van der Waals surface area contributed by atoms with Crippen LogP contribution in [0.3, 0.4) is 0 Å². The molecular formula is C16H24O3. The molecule has 3 aliphatic carbocycles.